The van der Waals surface area contributed by atoms with Gasteiger partial charge in [0.2, 0.25) is 0 Å². The Bertz CT molecular complexity index is 528. The Morgan fingerprint density at radius 2 is 1.94 bits per heavy atom. The molecule has 3 atom stereocenters. The highest BCUT2D eigenvalue weighted by atomic mass is 15.1. The Morgan fingerprint density at radius 3 is 2.78 bits per heavy atom. The second-order valence-electron chi connectivity index (χ2n) is 5.92. The molecule has 1 aliphatic heterocycles. The summed E-state index contributed by atoms with van der Waals surface area (Å²) in [4.78, 5) is 0. The molecule has 0 amide bonds. The molecule has 1 heterocycles. The van der Waals surface area contributed by atoms with Crippen molar-refractivity contribution in [1.29, 1.82) is 0 Å². The van der Waals surface area contributed by atoms with Gasteiger partial charge in [0.05, 0.1) is 0 Å². The molecule has 1 fully saturated rings. The fourth-order valence-corrected chi connectivity index (χ4v) is 3.60. The standard InChI is InChI=1S/C17H21N/c1-13-16(2)15-11-7-6-10-14(15)9-5-4-8-12-18-17(13,16)3/h4-8,10-13,18H,9H2,1-3H3/b5-4-,12-8-. The van der Waals surface area contributed by atoms with E-state index in [2.05, 4.69) is 74.8 Å². The van der Waals surface area contributed by atoms with Crippen LogP contribution in [0.3, 0.4) is 0 Å². The van der Waals surface area contributed by atoms with Crippen LogP contribution in [-0.4, -0.2) is 5.54 Å². The van der Waals surface area contributed by atoms with E-state index < -0.39 is 0 Å². The molecule has 2 aliphatic rings. The van der Waals surface area contributed by atoms with Gasteiger partial charge in [-0.3, -0.25) is 0 Å². The minimum absolute atomic E-state index is 0.171. The average molecular weight is 239 g/mol. The van der Waals surface area contributed by atoms with Crippen molar-refractivity contribution in [1.82, 2.24) is 5.32 Å². The van der Waals surface area contributed by atoms with Crippen LogP contribution in [-0.2, 0) is 11.8 Å². The monoisotopic (exact) mass is 239 g/mol. The lowest BCUT2D eigenvalue weighted by Gasteiger charge is -2.22. The van der Waals surface area contributed by atoms with Crippen LogP contribution in [0, 0.1) is 5.92 Å². The topological polar surface area (TPSA) is 12.0 Å². The van der Waals surface area contributed by atoms with E-state index >= 15 is 0 Å². The maximum absolute atomic E-state index is 3.60. The molecule has 1 heteroatoms. The first-order valence-electron chi connectivity index (χ1n) is 6.78. The smallest absolute Gasteiger partial charge is 0.0472 e. The molecule has 0 aromatic heterocycles. The van der Waals surface area contributed by atoms with Crippen LogP contribution in [0.25, 0.3) is 0 Å². The summed E-state index contributed by atoms with van der Waals surface area (Å²) in [5.41, 5.74) is 3.38. The van der Waals surface area contributed by atoms with E-state index in [1.165, 1.54) is 11.1 Å². The van der Waals surface area contributed by atoms with E-state index in [-0.39, 0.29) is 11.0 Å². The molecule has 1 nitrogen and oxygen atoms in total. The average Bonchev–Trinajstić information content (AvgIpc) is 2.82. The SMILES string of the molecule is CC1C2(C)N/C=C\C=C/Cc3ccccc3C12C. The summed E-state index contributed by atoms with van der Waals surface area (Å²) in [6.45, 7) is 7.08. The lowest BCUT2D eigenvalue weighted by atomic mass is 9.87. The van der Waals surface area contributed by atoms with Gasteiger partial charge in [0.1, 0.15) is 0 Å². The number of nitrogens with one attached hydrogen (secondary N) is 1. The van der Waals surface area contributed by atoms with Crippen molar-refractivity contribution in [2.45, 2.75) is 38.1 Å². The zero-order chi connectivity index (χ0) is 12.8. The number of allylic oxidation sites excluding steroid dienone is 3. The van der Waals surface area contributed by atoms with Crippen molar-refractivity contribution in [2.75, 3.05) is 0 Å². The van der Waals surface area contributed by atoms with Gasteiger partial charge in [-0.25, -0.2) is 0 Å². The molecule has 0 radical (unpaired) electrons. The van der Waals surface area contributed by atoms with E-state index in [0.717, 1.165) is 6.42 Å². The summed E-state index contributed by atoms with van der Waals surface area (Å²) >= 11 is 0. The van der Waals surface area contributed by atoms with Crippen LogP contribution < -0.4 is 5.32 Å². The first kappa shape index (κ1) is 11.6. The third-order valence-electron chi connectivity index (χ3n) is 5.37. The second kappa shape index (κ2) is 3.74. The van der Waals surface area contributed by atoms with Crippen molar-refractivity contribution in [3.63, 3.8) is 0 Å². The van der Waals surface area contributed by atoms with Gasteiger partial charge in [-0.15, -0.1) is 0 Å². The molecule has 18 heavy (non-hydrogen) atoms. The Morgan fingerprint density at radius 1 is 1.17 bits per heavy atom. The van der Waals surface area contributed by atoms with Gasteiger partial charge in [0, 0.05) is 11.0 Å². The number of rotatable bonds is 0. The predicted octanol–water partition coefficient (Wildman–Crippen LogP) is 3.57. The zero-order valence-electron chi connectivity index (χ0n) is 11.4. The number of hydrogen-bond acceptors (Lipinski definition) is 1. The highest BCUT2D eigenvalue weighted by Gasteiger charge is 2.69. The molecule has 1 N–H and O–H groups in total. The van der Waals surface area contributed by atoms with Gasteiger partial charge in [0.25, 0.3) is 0 Å². The minimum Gasteiger partial charge on any atom is -0.385 e. The number of benzene rings is 1. The molecule has 0 bridgehead atoms. The molecule has 1 aromatic carbocycles. The predicted molar refractivity (Wildman–Crippen MR) is 76.5 cm³/mol. The highest BCUT2D eigenvalue weighted by molar-refractivity contribution is 5.48. The molecule has 0 spiro atoms. The summed E-state index contributed by atoms with van der Waals surface area (Å²) < 4.78 is 0. The van der Waals surface area contributed by atoms with Crippen molar-refractivity contribution in [3.8, 4) is 0 Å². The fraction of sp³-hybridized carbons (Fsp3) is 0.412. The molecule has 94 valence electrons. The van der Waals surface area contributed by atoms with Gasteiger partial charge < -0.3 is 5.32 Å². The van der Waals surface area contributed by atoms with Gasteiger partial charge in [-0.2, -0.15) is 0 Å². The molecular formula is C17H21N. The maximum atomic E-state index is 3.60. The van der Waals surface area contributed by atoms with Crippen molar-refractivity contribution < 1.29 is 0 Å². The van der Waals surface area contributed by atoms with Gasteiger partial charge in [0.15, 0.2) is 0 Å². The minimum atomic E-state index is 0.171. The highest BCUT2D eigenvalue weighted by Crippen LogP contribution is 2.63. The van der Waals surface area contributed by atoms with E-state index in [1.54, 1.807) is 0 Å². The number of hydrogen-bond donors (Lipinski definition) is 1. The van der Waals surface area contributed by atoms with Crippen molar-refractivity contribution in [2.24, 2.45) is 5.92 Å². The van der Waals surface area contributed by atoms with Crippen LogP contribution in [0.15, 0.2) is 48.7 Å². The summed E-state index contributed by atoms with van der Waals surface area (Å²) in [5.74, 6) is 0.647. The maximum Gasteiger partial charge on any atom is 0.0472 e. The van der Waals surface area contributed by atoms with E-state index in [9.17, 15) is 0 Å². The van der Waals surface area contributed by atoms with E-state index in [4.69, 9.17) is 0 Å². The third-order valence-corrected chi connectivity index (χ3v) is 5.37. The lowest BCUT2D eigenvalue weighted by molar-refractivity contribution is 0.531. The summed E-state index contributed by atoms with van der Waals surface area (Å²) in [6, 6.07) is 8.88. The normalized spacial score (nSPS) is 40.9. The summed E-state index contributed by atoms with van der Waals surface area (Å²) in [7, 11) is 0. The Hall–Kier alpha value is -1.50. The van der Waals surface area contributed by atoms with Gasteiger partial charge in [-0.1, -0.05) is 50.3 Å². The molecule has 1 aliphatic carbocycles. The first-order valence-corrected chi connectivity index (χ1v) is 6.78. The fourth-order valence-electron chi connectivity index (χ4n) is 3.60. The molecule has 1 aromatic rings. The molecule has 3 unspecified atom stereocenters. The van der Waals surface area contributed by atoms with Gasteiger partial charge >= 0.3 is 0 Å². The van der Waals surface area contributed by atoms with Crippen LogP contribution >= 0.6 is 0 Å². The quantitative estimate of drug-likeness (QED) is 0.730. The molecule has 1 saturated carbocycles. The van der Waals surface area contributed by atoms with Crippen molar-refractivity contribution >= 4 is 0 Å². The number of fused-ring (bicyclic) bond motifs is 3. The Labute approximate surface area is 110 Å². The van der Waals surface area contributed by atoms with E-state index in [1.807, 2.05) is 0 Å². The zero-order valence-corrected chi connectivity index (χ0v) is 11.4. The van der Waals surface area contributed by atoms with Crippen LogP contribution in [0.4, 0.5) is 0 Å². The Balaban J connectivity index is 2.14. The van der Waals surface area contributed by atoms with Crippen molar-refractivity contribution in [3.05, 3.63) is 59.8 Å². The summed E-state index contributed by atoms with van der Waals surface area (Å²) in [6.07, 6.45) is 9.58. The second-order valence-corrected chi connectivity index (χ2v) is 5.92. The van der Waals surface area contributed by atoms with Crippen LogP contribution in [0.5, 0.6) is 0 Å². The molecule has 3 rings (SSSR count). The first-order chi connectivity index (χ1) is 8.61. The van der Waals surface area contributed by atoms with E-state index in [0.29, 0.717) is 5.92 Å². The molecule has 0 saturated heterocycles. The van der Waals surface area contributed by atoms with Gasteiger partial charge in [-0.05, 0) is 42.7 Å². The van der Waals surface area contributed by atoms with Crippen LogP contribution in [0.2, 0.25) is 0 Å². The lowest BCUT2D eigenvalue weighted by Crippen LogP contribution is -2.32. The molecular weight excluding hydrogens is 218 g/mol. The third kappa shape index (κ3) is 1.33. The van der Waals surface area contributed by atoms with Crippen LogP contribution in [0.1, 0.15) is 31.9 Å². The largest absolute Gasteiger partial charge is 0.385 e. The summed E-state index contributed by atoms with van der Waals surface area (Å²) in [5, 5.41) is 3.60. The Kier molecular flexibility index (Phi) is 2.41.